The lowest BCUT2D eigenvalue weighted by atomic mass is 10.1. The van der Waals surface area contributed by atoms with Crippen molar-refractivity contribution in [2.24, 2.45) is 5.10 Å². The van der Waals surface area contributed by atoms with Gasteiger partial charge in [-0.05, 0) is 44.5 Å². The van der Waals surface area contributed by atoms with Crippen molar-refractivity contribution in [3.63, 3.8) is 0 Å². The Morgan fingerprint density at radius 1 is 1.21 bits per heavy atom. The van der Waals surface area contributed by atoms with E-state index >= 15 is 0 Å². The second-order valence-electron chi connectivity index (χ2n) is 5.58. The van der Waals surface area contributed by atoms with Gasteiger partial charge in [-0.3, -0.25) is 14.3 Å². The predicted octanol–water partition coefficient (Wildman–Crippen LogP) is 2.00. The number of nitrogens with zero attached hydrogens (tertiary/aromatic N) is 3. The maximum absolute atomic E-state index is 12.0. The molecule has 0 spiro atoms. The first-order chi connectivity index (χ1) is 11.3. The monoisotopic (exact) mass is 327 g/mol. The van der Waals surface area contributed by atoms with E-state index in [0.29, 0.717) is 11.4 Å². The molecule has 0 bridgehead atoms. The molecular formula is C17H21N5O2. The van der Waals surface area contributed by atoms with Crippen LogP contribution in [0, 0.1) is 13.8 Å². The molecule has 0 radical (unpaired) electrons. The Balaban J connectivity index is 2.01. The number of nitrogens with one attached hydrogen (secondary N) is 2. The third-order valence-corrected chi connectivity index (χ3v) is 3.35. The van der Waals surface area contributed by atoms with Crippen LogP contribution in [0.25, 0.3) is 0 Å². The minimum Gasteiger partial charge on any atom is -0.326 e. The van der Waals surface area contributed by atoms with Gasteiger partial charge in [-0.15, -0.1) is 0 Å². The molecule has 7 heteroatoms. The van der Waals surface area contributed by atoms with Crippen molar-refractivity contribution in [1.82, 2.24) is 15.2 Å². The molecule has 0 saturated carbocycles. The van der Waals surface area contributed by atoms with Crippen LogP contribution in [0.5, 0.6) is 0 Å². The largest absolute Gasteiger partial charge is 0.326 e. The van der Waals surface area contributed by atoms with Crippen LogP contribution in [0.15, 0.2) is 35.4 Å². The van der Waals surface area contributed by atoms with E-state index in [1.165, 1.54) is 6.92 Å². The van der Waals surface area contributed by atoms with Gasteiger partial charge in [0.25, 0.3) is 5.91 Å². The fourth-order valence-corrected chi connectivity index (χ4v) is 2.24. The Morgan fingerprint density at radius 2 is 1.96 bits per heavy atom. The Labute approximate surface area is 140 Å². The Kier molecular flexibility index (Phi) is 5.47. The Bertz CT molecular complexity index is 792. The van der Waals surface area contributed by atoms with E-state index in [1.54, 1.807) is 23.7 Å². The van der Waals surface area contributed by atoms with Crippen LogP contribution in [0.3, 0.4) is 0 Å². The van der Waals surface area contributed by atoms with E-state index in [4.69, 9.17) is 0 Å². The number of carbonyl (C=O) groups excluding carboxylic acids is 2. The molecule has 126 valence electrons. The zero-order valence-corrected chi connectivity index (χ0v) is 14.3. The lowest BCUT2D eigenvalue weighted by Gasteiger charge is -2.07. The number of aryl methyl sites for hydroxylation is 2. The molecule has 2 aromatic rings. The number of hydrogen-bond donors (Lipinski definition) is 2. The number of hydrogen-bond acceptors (Lipinski definition) is 4. The van der Waals surface area contributed by atoms with Crippen molar-refractivity contribution in [2.75, 3.05) is 5.32 Å². The molecule has 1 heterocycles. The van der Waals surface area contributed by atoms with Crippen molar-refractivity contribution in [3.8, 4) is 0 Å². The van der Waals surface area contributed by atoms with Gasteiger partial charge in [0.15, 0.2) is 0 Å². The molecule has 0 saturated heterocycles. The van der Waals surface area contributed by atoms with Crippen LogP contribution in [-0.2, 0) is 16.1 Å². The second kappa shape index (κ2) is 7.54. The van der Waals surface area contributed by atoms with Gasteiger partial charge in [0.05, 0.1) is 11.4 Å². The lowest BCUT2D eigenvalue weighted by molar-refractivity contribution is -0.121. The molecule has 7 nitrogen and oxygen atoms in total. The molecule has 0 atom stereocenters. The first-order valence-electron chi connectivity index (χ1n) is 7.57. The summed E-state index contributed by atoms with van der Waals surface area (Å²) >= 11 is 0. The van der Waals surface area contributed by atoms with Gasteiger partial charge in [0.2, 0.25) is 5.91 Å². The van der Waals surface area contributed by atoms with Crippen molar-refractivity contribution in [3.05, 3.63) is 47.3 Å². The van der Waals surface area contributed by atoms with Crippen LogP contribution in [0.4, 0.5) is 5.69 Å². The topological polar surface area (TPSA) is 88.4 Å². The highest BCUT2D eigenvalue weighted by atomic mass is 16.2. The summed E-state index contributed by atoms with van der Waals surface area (Å²) in [6, 6.07) is 9.18. The lowest BCUT2D eigenvalue weighted by Crippen LogP contribution is -2.25. The summed E-state index contributed by atoms with van der Waals surface area (Å²) in [4.78, 5) is 23.1. The molecule has 0 aliphatic rings. The van der Waals surface area contributed by atoms with Crippen LogP contribution >= 0.6 is 0 Å². The minimum atomic E-state index is -0.251. The van der Waals surface area contributed by atoms with Crippen molar-refractivity contribution >= 4 is 23.2 Å². The number of carbonyl (C=O) groups is 2. The highest BCUT2D eigenvalue weighted by molar-refractivity contribution is 6.00. The molecule has 2 amide bonds. The van der Waals surface area contributed by atoms with Gasteiger partial charge < -0.3 is 5.32 Å². The van der Waals surface area contributed by atoms with Crippen molar-refractivity contribution in [2.45, 2.75) is 34.2 Å². The molecule has 1 aromatic carbocycles. The number of rotatable bonds is 5. The van der Waals surface area contributed by atoms with Gasteiger partial charge in [-0.2, -0.15) is 10.2 Å². The Morgan fingerprint density at radius 3 is 2.58 bits per heavy atom. The van der Waals surface area contributed by atoms with Gasteiger partial charge in [0, 0.05) is 18.3 Å². The van der Waals surface area contributed by atoms with E-state index in [0.717, 1.165) is 17.0 Å². The third kappa shape index (κ3) is 4.77. The molecule has 1 aromatic heterocycles. The highest BCUT2D eigenvalue weighted by Crippen LogP contribution is 2.11. The van der Waals surface area contributed by atoms with E-state index in [1.807, 2.05) is 32.0 Å². The van der Waals surface area contributed by atoms with Crippen LogP contribution in [0.1, 0.15) is 30.8 Å². The first-order valence-corrected chi connectivity index (χ1v) is 7.57. The zero-order valence-electron chi connectivity index (χ0n) is 14.3. The fraction of sp³-hybridized carbons (Fsp3) is 0.294. The number of anilines is 1. The van der Waals surface area contributed by atoms with Crippen molar-refractivity contribution in [1.29, 1.82) is 0 Å². The second-order valence-corrected chi connectivity index (χ2v) is 5.58. The standard InChI is InChI=1S/C17H21N5O2/c1-11-8-12(2)22(21-11)10-17(24)20-19-13(3)15-6-5-7-16(9-15)18-14(4)23/h5-9H,10H2,1-4H3,(H,18,23)(H,20,24)/b19-13+. The predicted molar refractivity (Wildman–Crippen MR) is 92.8 cm³/mol. The molecule has 24 heavy (non-hydrogen) atoms. The summed E-state index contributed by atoms with van der Waals surface area (Å²) in [5, 5.41) is 11.1. The van der Waals surface area contributed by atoms with Crippen molar-refractivity contribution < 1.29 is 9.59 Å². The van der Waals surface area contributed by atoms with Crippen LogP contribution in [0.2, 0.25) is 0 Å². The molecule has 2 rings (SSSR count). The SMILES string of the molecule is CC(=O)Nc1cccc(/C(C)=N/NC(=O)Cn2nc(C)cc2C)c1. The molecule has 0 aliphatic carbocycles. The average Bonchev–Trinajstić information content (AvgIpc) is 2.82. The normalized spacial score (nSPS) is 11.2. The number of hydrazone groups is 1. The van der Waals surface area contributed by atoms with E-state index in [2.05, 4.69) is 20.9 Å². The molecule has 0 aliphatic heterocycles. The number of benzene rings is 1. The molecule has 0 fully saturated rings. The summed E-state index contributed by atoms with van der Waals surface area (Å²) in [5.41, 5.74) is 6.46. The zero-order chi connectivity index (χ0) is 17.7. The van der Waals surface area contributed by atoms with Gasteiger partial charge in [0.1, 0.15) is 6.54 Å². The summed E-state index contributed by atoms with van der Waals surface area (Å²) in [6.07, 6.45) is 0. The quantitative estimate of drug-likeness (QED) is 0.650. The summed E-state index contributed by atoms with van der Waals surface area (Å²) in [7, 11) is 0. The van der Waals surface area contributed by atoms with E-state index < -0.39 is 0 Å². The molecular weight excluding hydrogens is 306 g/mol. The Hall–Kier alpha value is -2.96. The maximum atomic E-state index is 12.0. The summed E-state index contributed by atoms with van der Waals surface area (Å²) in [5.74, 6) is -0.390. The minimum absolute atomic E-state index is 0.113. The van der Waals surface area contributed by atoms with Gasteiger partial charge >= 0.3 is 0 Å². The number of aromatic nitrogens is 2. The van der Waals surface area contributed by atoms with Gasteiger partial charge in [-0.1, -0.05) is 12.1 Å². The fourth-order valence-electron chi connectivity index (χ4n) is 2.24. The smallest absolute Gasteiger partial charge is 0.261 e. The summed E-state index contributed by atoms with van der Waals surface area (Å²) < 4.78 is 1.63. The third-order valence-electron chi connectivity index (χ3n) is 3.35. The van der Waals surface area contributed by atoms with E-state index in [-0.39, 0.29) is 18.4 Å². The van der Waals surface area contributed by atoms with Gasteiger partial charge in [-0.25, -0.2) is 5.43 Å². The van der Waals surface area contributed by atoms with Crippen LogP contribution in [-0.4, -0.2) is 27.3 Å². The maximum Gasteiger partial charge on any atom is 0.261 e. The molecule has 0 unspecified atom stereocenters. The highest BCUT2D eigenvalue weighted by Gasteiger charge is 2.07. The average molecular weight is 327 g/mol. The number of amides is 2. The van der Waals surface area contributed by atoms with E-state index in [9.17, 15) is 9.59 Å². The van der Waals surface area contributed by atoms with Crippen LogP contribution < -0.4 is 10.7 Å². The summed E-state index contributed by atoms with van der Waals surface area (Å²) in [6.45, 7) is 7.13. The molecule has 2 N–H and O–H groups in total. The first kappa shape index (κ1) is 17.4.